The zero-order valence-electron chi connectivity index (χ0n) is 14.8. The molecule has 2 aliphatic rings. The Balaban J connectivity index is 1.84. The fourth-order valence-electron chi connectivity index (χ4n) is 3.69. The van der Waals surface area contributed by atoms with Crippen molar-refractivity contribution in [3.05, 3.63) is 69.8 Å². The highest BCUT2D eigenvalue weighted by Crippen LogP contribution is 2.44. The second kappa shape index (κ2) is 7.19. The van der Waals surface area contributed by atoms with Gasteiger partial charge in [-0.25, -0.2) is 4.79 Å². The molecular formula is C21H18BrNO4. The second-order valence-corrected chi connectivity index (χ2v) is 7.29. The molecule has 0 bridgehead atoms. The van der Waals surface area contributed by atoms with Crippen LogP contribution in [0.1, 0.15) is 24.8 Å². The van der Waals surface area contributed by atoms with Gasteiger partial charge in [0.15, 0.2) is 0 Å². The minimum atomic E-state index is -0.367. The SMILES string of the molecule is CCOc1ccccc1C1CC(=O)N(c2cccc(Br)c2)C2=C1C(=O)OC2. The van der Waals surface area contributed by atoms with E-state index >= 15 is 0 Å². The Hall–Kier alpha value is -2.60. The Morgan fingerprint density at radius 3 is 2.78 bits per heavy atom. The van der Waals surface area contributed by atoms with Crippen LogP contribution in [0.15, 0.2) is 64.3 Å². The first-order valence-electron chi connectivity index (χ1n) is 8.80. The molecule has 2 heterocycles. The van der Waals surface area contributed by atoms with Gasteiger partial charge in [-0.05, 0) is 31.2 Å². The third-order valence-corrected chi connectivity index (χ3v) is 5.27. The molecule has 0 fully saturated rings. The molecule has 0 spiro atoms. The fraction of sp³-hybridized carbons (Fsp3) is 0.238. The van der Waals surface area contributed by atoms with E-state index in [0.717, 1.165) is 15.7 Å². The van der Waals surface area contributed by atoms with Crippen molar-refractivity contribution in [1.29, 1.82) is 0 Å². The molecular weight excluding hydrogens is 410 g/mol. The molecule has 0 aliphatic carbocycles. The number of nitrogens with zero attached hydrogens (tertiary/aromatic N) is 1. The first-order chi connectivity index (χ1) is 13.1. The quantitative estimate of drug-likeness (QED) is 0.686. The Kier molecular flexibility index (Phi) is 4.74. The Bertz CT molecular complexity index is 953. The van der Waals surface area contributed by atoms with Crippen molar-refractivity contribution < 1.29 is 19.1 Å². The molecule has 5 nitrogen and oxygen atoms in total. The van der Waals surface area contributed by atoms with E-state index in [1.54, 1.807) is 4.90 Å². The zero-order valence-corrected chi connectivity index (χ0v) is 16.4. The largest absolute Gasteiger partial charge is 0.494 e. The lowest BCUT2D eigenvalue weighted by Crippen LogP contribution is -2.37. The summed E-state index contributed by atoms with van der Waals surface area (Å²) in [5.74, 6) is -0.107. The van der Waals surface area contributed by atoms with Crippen molar-refractivity contribution in [2.75, 3.05) is 18.1 Å². The van der Waals surface area contributed by atoms with Gasteiger partial charge in [0, 0.05) is 28.1 Å². The average molecular weight is 428 g/mol. The van der Waals surface area contributed by atoms with Gasteiger partial charge in [-0.1, -0.05) is 40.2 Å². The van der Waals surface area contributed by atoms with Gasteiger partial charge >= 0.3 is 5.97 Å². The number of anilines is 1. The van der Waals surface area contributed by atoms with E-state index < -0.39 is 0 Å². The fourth-order valence-corrected chi connectivity index (χ4v) is 4.08. The summed E-state index contributed by atoms with van der Waals surface area (Å²) in [6.45, 7) is 2.52. The smallest absolute Gasteiger partial charge is 0.336 e. The lowest BCUT2D eigenvalue weighted by atomic mass is 9.83. The summed E-state index contributed by atoms with van der Waals surface area (Å²) >= 11 is 3.44. The molecule has 2 aromatic rings. The van der Waals surface area contributed by atoms with Crippen LogP contribution in [-0.2, 0) is 14.3 Å². The molecule has 2 aliphatic heterocycles. The van der Waals surface area contributed by atoms with Crippen LogP contribution in [0.25, 0.3) is 0 Å². The Morgan fingerprint density at radius 1 is 1.19 bits per heavy atom. The lowest BCUT2D eigenvalue weighted by molar-refractivity contribution is -0.136. The molecule has 2 aromatic carbocycles. The number of ether oxygens (including phenoxy) is 2. The van der Waals surface area contributed by atoms with E-state index in [-0.39, 0.29) is 30.8 Å². The number of rotatable bonds is 4. The highest BCUT2D eigenvalue weighted by atomic mass is 79.9. The molecule has 1 atom stereocenters. The van der Waals surface area contributed by atoms with Crippen LogP contribution in [0, 0.1) is 0 Å². The van der Waals surface area contributed by atoms with E-state index in [4.69, 9.17) is 9.47 Å². The number of carbonyl (C=O) groups is 2. The van der Waals surface area contributed by atoms with E-state index in [2.05, 4.69) is 15.9 Å². The van der Waals surface area contributed by atoms with Gasteiger partial charge in [-0.15, -0.1) is 0 Å². The first-order valence-corrected chi connectivity index (χ1v) is 9.60. The van der Waals surface area contributed by atoms with Gasteiger partial charge in [0.2, 0.25) is 5.91 Å². The molecule has 27 heavy (non-hydrogen) atoms. The standard InChI is InChI=1S/C21H18BrNO4/c1-2-26-18-9-4-3-8-15(18)16-11-19(24)23(14-7-5-6-13(22)10-14)17-12-27-21(25)20(16)17/h3-10,16H,2,11-12H2,1H3. The number of amides is 1. The van der Waals surface area contributed by atoms with E-state index in [9.17, 15) is 9.59 Å². The van der Waals surface area contributed by atoms with E-state index in [1.807, 2.05) is 55.5 Å². The minimum Gasteiger partial charge on any atom is -0.494 e. The van der Waals surface area contributed by atoms with Crippen molar-refractivity contribution in [1.82, 2.24) is 0 Å². The lowest BCUT2D eigenvalue weighted by Gasteiger charge is -2.32. The van der Waals surface area contributed by atoms with Crippen LogP contribution in [0.5, 0.6) is 5.75 Å². The van der Waals surface area contributed by atoms with Gasteiger partial charge in [-0.3, -0.25) is 9.69 Å². The molecule has 138 valence electrons. The molecule has 0 saturated heterocycles. The number of cyclic esters (lactones) is 1. The minimum absolute atomic E-state index is 0.0681. The zero-order chi connectivity index (χ0) is 19.0. The molecule has 0 N–H and O–H groups in total. The third-order valence-electron chi connectivity index (χ3n) is 4.78. The predicted molar refractivity (Wildman–Crippen MR) is 105 cm³/mol. The van der Waals surface area contributed by atoms with Gasteiger partial charge in [0.05, 0.1) is 17.9 Å². The number of esters is 1. The summed E-state index contributed by atoms with van der Waals surface area (Å²) in [5.41, 5.74) is 2.72. The highest BCUT2D eigenvalue weighted by molar-refractivity contribution is 9.10. The van der Waals surface area contributed by atoms with Crippen molar-refractivity contribution in [2.45, 2.75) is 19.3 Å². The van der Waals surface area contributed by atoms with Crippen molar-refractivity contribution in [3.63, 3.8) is 0 Å². The maximum absolute atomic E-state index is 13.1. The molecule has 1 unspecified atom stereocenters. The molecule has 0 saturated carbocycles. The molecule has 0 aromatic heterocycles. The van der Waals surface area contributed by atoms with E-state index in [0.29, 0.717) is 23.6 Å². The van der Waals surface area contributed by atoms with Gasteiger partial charge in [0.1, 0.15) is 12.4 Å². The van der Waals surface area contributed by atoms with Gasteiger partial charge in [-0.2, -0.15) is 0 Å². The number of hydrogen-bond donors (Lipinski definition) is 0. The molecule has 1 amide bonds. The monoisotopic (exact) mass is 427 g/mol. The number of carbonyl (C=O) groups excluding carboxylic acids is 2. The van der Waals surface area contributed by atoms with Gasteiger partial charge in [0.25, 0.3) is 0 Å². The summed E-state index contributed by atoms with van der Waals surface area (Å²) in [6, 6.07) is 15.0. The topological polar surface area (TPSA) is 55.8 Å². The number of halogens is 1. The first kappa shape index (κ1) is 17.8. The second-order valence-electron chi connectivity index (χ2n) is 6.37. The maximum Gasteiger partial charge on any atom is 0.336 e. The summed E-state index contributed by atoms with van der Waals surface area (Å²) in [5, 5.41) is 0. The summed E-state index contributed by atoms with van der Waals surface area (Å²) in [4.78, 5) is 27.2. The Labute approximate surface area is 165 Å². The third kappa shape index (κ3) is 3.14. The molecule has 6 heteroatoms. The summed E-state index contributed by atoms with van der Waals surface area (Å²) < 4.78 is 11.9. The number of hydrogen-bond acceptors (Lipinski definition) is 4. The van der Waals surface area contributed by atoms with Crippen LogP contribution in [0.3, 0.4) is 0 Å². The van der Waals surface area contributed by atoms with Crippen LogP contribution < -0.4 is 9.64 Å². The highest BCUT2D eigenvalue weighted by Gasteiger charge is 2.43. The van der Waals surface area contributed by atoms with Crippen LogP contribution in [0.4, 0.5) is 5.69 Å². The summed E-state index contributed by atoms with van der Waals surface area (Å²) in [7, 11) is 0. The number of benzene rings is 2. The van der Waals surface area contributed by atoms with Crippen LogP contribution in [-0.4, -0.2) is 25.1 Å². The van der Waals surface area contributed by atoms with E-state index in [1.165, 1.54) is 0 Å². The maximum atomic E-state index is 13.1. The summed E-state index contributed by atoms with van der Waals surface area (Å²) in [6.07, 6.45) is 0.185. The van der Waals surface area contributed by atoms with Crippen LogP contribution >= 0.6 is 15.9 Å². The number of para-hydroxylation sites is 1. The van der Waals surface area contributed by atoms with Crippen molar-refractivity contribution >= 4 is 33.5 Å². The normalized spacial score (nSPS) is 19.2. The predicted octanol–water partition coefficient (Wildman–Crippen LogP) is 4.18. The van der Waals surface area contributed by atoms with Crippen LogP contribution in [0.2, 0.25) is 0 Å². The Morgan fingerprint density at radius 2 is 2.00 bits per heavy atom. The average Bonchev–Trinajstić information content (AvgIpc) is 3.03. The van der Waals surface area contributed by atoms with Gasteiger partial charge < -0.3 is 9.47 Å². The molecule has 4 rings (SSSR count). The molecule has 0 radical (unpaired) electrons. The van der Waals surface area contributed by atoms with Crippen molar-refractivity contribution in [3.8, 4) is 5.75 Å². The van der Waals surface area contributed by atoms with Crippen molar-refractivity contribution in [2.24, 2.45) is 0 Å².